The number of hydrogen-bond donors (Lipinski definition) is 0. The van der Waals surface area contributed by atoms with E-state index in [1.165, 1.54) is 35.2 Å². The lowest BCUT2D eigenvalue weighted by Crippen LogP contribution is -2.26. The molecule has 0 saturated heterocycles. The van der Waals surface area contributed by atoms with Crippen LogP contribution in [0.4, 0.5) is 8.78 Å². The Morgan fingerprint density at radius 1 is 1.03 bits per heavy atom. The average molecular weight is 450 g/mol. The molecule has 5 rings (SSSR count). The van der Waals surface area contributed by atoms with E-state index in [1.54, 1.807) is 16.7 Å². The zero-order valence-electron chi connectivity index (χ0n) is 17.1. The molecule has 2 heterocycles. The minimum atomic E-state index is -0.475. The fourth-order valence-corrected chi connectivity index (χ4v) is 4.35. The summed E-state index contributed by atoms with van der Waals surface area (Å²) >= 11 is 6.26. The maximum Gasteiger partial charge on any atom is 0.278 e. The summed E-state index contributed by atoms with van der Waals surface area (Å²) < 4.78 is 31.8. The van der Waals surface area contributed by atoms with Gasteiger partial charge in [-0.1, -0.05) is 48.0 Å². The minimum Gasteiger partial charge on any atom is -0.330 e. The van der Waals surface area contributed by atoms with E-state index in [0.717, 1.165) is 5.56 Å². The van der Waals surface area contributed by atoms with E-state index in [2.05, 4.69) is 4.98 Å². The average Bonchev–Trinajstić information content (AvgIpc) is 3.10. The Balaban J connectivity index is 1.80. The molecular formula is C25H18ClF2N3O. The molecule has 0 fully saturated rings. The molecule has 1 unspecified atom stereocenters. The van der Waals surface area contributed by atoms with Crippen molar-refractivity contribution in [2.24, 2.45) is 0 Å². The lowest BCUT2D eigenvalue weighted by Gasteiger charge is -2.16. The molecule has 0 aliphatic heterocycles. The molecule has 0 radical (unpaired) electrons. The Bertz CT molecular complexity index is 1510. The van der Waals surface area contributed by atoms with Gasteiger partial charge in [-0.25, -0.2) is 13.8 Å². The molecule has 0 amide bonds. The van der Waals surface area contributed by atoms with Crippen molar-refractivity contribution >= 4 is 33.5 Å². The number of rotatable bonds is 4. The first kappa shape index (κ1) is 20.4. The summed E-state index contributed by atoms with van der Waals surface area (Å²) in [6, 6.07) is 18.0. The van der Waals surface area contributed by atoms with Crippen LogP contribution in [-0.4, -0.2) is 14.1 Å². The summed E-state index contributed by atoms with van der Waals surface area (Å²) in [5.74, 6) is -0.916. The molecule has 2 aromatic heterocycles. The van der Waals surface area contributed by atoms with E-state index in [4.69, 9.17) is 11.6 Å². The van der Waals surface area contributed by atoms with Gasteiger partial charge in [0.2, 0.25) is 0 Å². The van der Waals surface area contributed by atoms with Gasteiger partial charge < -0.3 is 4.57 Å². The summed E-state index contributed by atoms with van der Waals surface area (Å²) in [5, 5.41) is 0.744. The van der Waals surface area contributed by atoms with Crippen molar-refractivity contribution in [1.82, 2.24) is 14.1 Å². The highest BCUT2D eigenvalue weighted by atomic mass is 35.5. The number of hydrogen-bond acceptors (Lipinski definition) is 2. The summed E-state index contributed by atoms with van der Waals surface area (Å²) in [6.45, 7) is 1.92. The Labute approximate surface area is 187 Å². The second-order valence-corrected chi connectivity index (χ2v) is 8.10. The predicted octanol–water partition coefficient (Wildman–Crippen LogP) is 5.94. The van der Waals surface area contributed by atoms with Crippen molar-refractivity contribution in [3.8, 4) is 0 Å². The molecule has 0 aliphatic carbocycles. The van der Waals surface area contributed by atoms with Gasteiger partial charge in [-0.15, -0.1) is 0 Å². The number of aromatic nitrogens is 3. The predicted molar refractivity (Wildman–Crippen MR) is 122 cm³/mol. The van der Waals surface area contributed by atoms with Crippen LogP contribution in [-0.2, 0) is 6.54 Å². The van der Waals surface area contributed by atoms with Crippen molar-refractivity contribution in [2.75, 3.05) is 0 Å². The second-order valence-electron chi connectivity index (χ2n) is 7.69. The van der Waals surface area contributed by atoms with Crippen LogP contribution in [0.1, 0.15) is 24.1 Å². The van der Waals surface area contributed by atoms with Gasteiger partial charge in [0.05, 0.1) is 24.4 Å². The van der Waals surface area contributed by atoms with E-state index in [9.17, 15) is 13.6 Å². The van der Waals surface area contributed by atoms with E-state index >= 15 is 0 Å². The van der Waals surface area contributed by atoms with Crippen LogP contribution in [0, 0.1) is 11.6 Å². The smallest absolute Gasteiger partial charge is 0.278 e. The van der Waals surface area contributed by atoms with Gasteiger partial charge in [0.15, 0.2) is 0 Å². The molecular weight excluding hydrogens is 432 g/mol. The number of halogens is 3. The molecule has 7 heteroatoms. The Morgan fingerprint density at radius 2 is 1.81 bits per heavy atom. The molecule has 0 bridgehead atoms. The van der Waals surface area contributed by atoms with E-state index in [1.807, 2.05) is 37.3 Å². The number of nitrogens with zero attached hydrogens (tertiary/aromatic N) is 3. The first-order valence-corrected chi connectivity index (χ1v) is 10.5. The molecule has 4 nitrogen and oxygen atoms in total. The zero-order valence-corrected chi connectivity index (χ0v) is 17.9. The van der Waals surface area contributed by atoms with Gasteiger partial charge in [-0.05, 0) is 42.8 Å². The van der Waals surface area contributed by atoms with Crippen molar-refractivity contribution in [3.05, 3.63) is 111 Å². The van der Waals surface area contributed by atoms with Crippen LogP contribution in [0.3, 0.4) is 0 Å². The third kappa shape index (κ3) is 3.28. The first-order chi connectivity index (χ1) is 15.5. The number of benzene rings is 3. The van der Waals surface area contributed by atoms with Crippen LogP contribution in [0.25, 0.3) is 21.9 Å². The van der Waals surface area contributed by atoms with E-state index in [-0.39, 0.29) is 34.2 Å². The summed E-state index contributed by atoms with van der Waals surface area (Å²) in [5.41, 5.74) is 2.12. The molecule has 32 heavy (non-hydrogen) atoms. The van der Waals surface area contributed by atoms with Gasteiger partial charge in [0, 0.05) is 16.0 Å². The number of fused-ring (bicyclic) bond motifs is 3. The normalized spacial score (nSPS) is 12.5. The monoisotopic (exact) mass is 449 g/mol. The maximum atomic E-state index is 14.6. The molecule has 0 N–H and O–H groups in total. The molecule has 5 aromatic rings. The molecule has 160 valence electrons. The second kappa shape index (κ2) is 7.88. The largest absolute Gasteiger partial charge is 0.330 e. The van der Waals surface area contributed by atoms with Crippen LogP contribution in [0.15, 0.2) is 77.9 Å². The maximum absolute atomic E-state index is 14.6. The fraction of sp³-hybridized carbons (Fsp3) is 0.120. The van der Waals surface area contributed by atoms with Crippen molar-refractivity contribution in [3.63, 3.8) is 0 Å². The van der Waals surface area contributed by atoms with Crippen molar-refractivity contribution < 1.29 is 8.78 Å². The van der Waals surface area contributed by atoms with Gasteiger partial charge >= 0.3 is 0 Å². The third-order valence-corrected chi connectivity index (χ3v) is 6.18. The summed E-state index contributed by atoms with van der Waals surface area (Å²) in [7, 11) is 0. The first-order valence-electron chi connectivity index (χ1n) is 10.1. The molecule has 3 aromatic carbocycles. The molecule has 1 atom stereocenters. The van der Waals surface area contributed by atoms with E-state index in [0.29, 0.717) is 16.4 Å². The Hall–Kier alpha value is -3.51. The van der Waals surface area contributed by atoms with Gasteiger partial charge in [-0.3, -0.25) is 9.36 Å². The SMILES string of the molecule is CC(c1ccccc1)n1cnc2c3cc(F)ccc3n(Cc3c(F)cccc3Cl)c2c1=O. The van der Waals surface area contributed by atoms with Crippen LogP contribution < -0.4 is 5.56 Å². The van der Waals surface area contributed by atoms with Gasteiger partial charge in [0.25, 0.3) is 5.56 Å². The standard InChI is InChI=1S/C25H18ClF2N3O/c1-15(16-6-3-2-4-7-16)31-14-29-23-18-12-17(27)10-11-22(18)30(24(23)25(31)32)13-19-20(26)8-5-9-21(19)28/h2-12,14-15H,13H2,1H3. The topological polar surface area (TPSA) is 39.8 Å². The van der Waals surface area contributed by atoms with Crippen LogP contribution in [0.2, 0.25) is 5.02 Å². The van der Waals surface area contributed by atoms with Crippen molar-refractivity contribution in [2.45, 2.75) is 19.5 Å². The Kier molecular flexibility index (Phi) is 5.02. The van der Waals surface area contributed by atoms with Gasteiger partial charge in [-0.2, -0.15) is 0 Å². The van der Waals surface area contributed by atoms with Crippen LogP contribution >= 0.6 is 11.6 Å². The molecule has 0 saturated carbocycles. The van der Waals surface area contributed by atoms with E-state index < -0.39 is 11.6 Å². The molecule has 0 aliphatic rings. The fourth-order valence-electron chi connectivity index (χ4n) is 4.13. The lowest BCUT2D eigenvalue weighted by molar-refractivity contribution is 0.597. The summed E-state index contributed by atoms with van der Waals surface area (Å²) in [4.78, 5) is 18.2. The highest BCUT2D eigenvalue weighted by molar-refractivity contribution is 6.31. The molecule has 0 spiro atoms. The highest BCUT2D eigenvalue weighted by Crippen LogP contribution is 2.30. The highest BCUT2D eigenvalue weighted by Gasteiger charge is 2.21. The quantitative estimate of drug-likeness (QED) is 0.340. The lowest BCUT2D eigenvalue weighted by atomic mass is 10.1. The van der Waals surface area contributed by atoms with Crippen LogP contribution in [0.5, 0.6) is 0 Å². The van der Waals surface area contributed by atoms with Gasteiger partial charge in [0.1, 0.15) is 22.7 Å². The third-order valence-electron chi connectivity index (χ3n) is 5.82. The zero-order chi connectivity index (χ0) is 22.4. The summed E-state index contributed by atoms with van der Waals surface area (Å²) in [6.07, 6.45) is 1.48. The minimum absolute atomic E-state index is 0.0117. The van der Waals surface area contributed by atoms with Crippen molar-refractivity contribution in [1.29, 1.82) is 0 Å². The Morgan fingerprint density at radius 3 is 2.56 bits per heavy atom.